The fourth-order valence-corrected chi connectivity index (χ4v) is 1.35. The SMILES string of the molecule is Cc1cnc(C(=O)NCc2ccccc2F)o1. The van der Waals surface area contributed by atoms with Crippen LogP contribution in [0.3, 0.4) is 0 Å². The first-order chi connectivity index (χ1) is 8.16. The van der Waals surface area contributed by atoms with Crippen molar-refractivity contribution < 1.29 is 13.6 Å². The van der Waals surface area contributed by atoms with E-state index >= 15 is 0 Å². The summed E-state index contributed by atoms with van der Waals surface area (Å²) in [6, 6.07) is 6.26. The summed E-state index contributed by atoms with van der Waals surface area (Å²) in [4.78, 5) is 15.3. The molecule has 0 unspecified atom stereocenters. The summed E-state index contributed by atoms with van der Waals surface area (Å²) in [6.07, 6.45) is 1.46. The van der Waals surface area contributed by atoms with E-state index in [1.807, 2.05) is 0 Å². The van der Waals surface area contributed by atoms with Gasteiger partial charge < -0.3 is 9.73 Å². The molecule has 2 rings (SSSR count). The number of oxazole rings is 1. The van der Waals surface area contributed by atoms with Gasteiger partial charge in [-0.1, -0.05) is 18.2 Å². The molecule has 0 aliphatic rings. The zero-order valence-corrected chi connectivity index (χ0v) is 9.24. The highest BCUT2D eigenvalue weighted by molar-refractivity contribution is 5.89. The van der Waals surface area contributed by atoms with E-state index in [9.17, 15) is 9.18 Å². The number of aryl methyl sites for hydroxylation is 1. The van der Waals surface area contributed by atoms with Gasteiger partial charge in [-0.25, -0.2) is 9.37 Å². The Labute approximate surface area is 97.5 Å². The van der Waals surface area contributed by atoms with Gasteiger partial charge >= 0.3 is 5.91 Å². The first kappa shape index (κ1) is 11.3. The molecule has 1 aromatic heterocycles. The summed E-state index contributed by atoms with van der Waals surface area (Å²) < 4.78 is 18.3. The molecular formula is C12H11FN2O2. The van der Waals surface area contributed by atoms with Crippen molar-refractivity contribution in [1.82, 2.24) is 10.3 Å². The summed E-state index contributed by atoms with van der Waals surface area (Å²) in [5.41, 5.74) is 0.420. The molecule has 17 heavy (non-hydrogen) atoms. The van der Waals surface area contributed by atoms with Crippen molar-refractivity contribution in [2.45, 2.75) is 13.5 Å². The summed E-state index contributed by atoms with van der Waals surface area (Å²) in [5.74, 6) is -0.266. The Bertz CT molecular complexity index is 537. The number of amides is 1. The lowest BCUT2D eigenvalue weighted by Crippen LogP contribution is -2.23. The molecule has 1 heterocycles. The van der Waals surface area contributed by atoms with Crippen LogP contribution in [0.15, 0.2) is 34.9 Å². The van der Waals surface area contributed by atoms with Gasteiger partial charge in [-0.15, -0.1) is 0 Å². The van der Waals surface area contributed by atoms with E-state index in [1.165, 1.54) is 12.3 Å². The fourth-order valence-electron chi connectivity index (χ4n) is 1.35. The minimum atomic E-state index is -0.457. The molecule has 1 amide bonds. The monoisotopic (exact) mass is 234 g/mol. The molecule has 0 radical (unpaired) electrons. The van der Waals surface area contributed by atoms with Crippen molar-refractivity contribution in [3.05, 3.63) is 53.5 Å². The minimum absolute atomic E-state index is 0.0150. The third kappa shape index (κ3) is 2.69. The second kappa shape index (κ2) is 4.78. The van der Waals surface area contributed by atoms with Gasteiger partial charge in [0.1, 0.15) is 11.6 Å². The van der Waals surface area contributed by atoms with E-state index in [-0.39, 0.29) is 18.3 Å². The van der Waals surface area contributed by atoms with Crippen molar-refractivity contribution in [2.75, 3.05) is 0 Å². The van der Waals surface area contributed by atoms with Crippen molar-refractivity contribution >= 4 is 5.91 Å². The summed E-state index contributed by atoms with van der Waals surface area (Å²) in [5, 5.41) is 2.53. The van der Waals surface area contributed by atoms with Crippen LogP contribution in [-0.2, 0) is 6.54 Å². The van der Waals surface area contributed by atoms with Crippen LogP contribution in [0.1, 0.15) is 22.0 Å². The minimum Gasteiger partial charge on any atom is -0.438 e. The van der Waals surface area contributed by atoms with E-state index in [2.05, 4.69) is 10.3 Å². The molecular weight excluding hydrogens is 223 g/mol. The Hall–Kier alpha value is -2.17. The average molecular weight is 234 g/mol. The number of nitrogens with one attached hydrogen (secondary N) is 1. The van der Waals surface area contributed by atoms with Crippen LogP contribution in [0.2, 0.25) is 0 Å². The predicted molar refractivity (Wildman–Crippen MR) is 58.8 cm³/mol. The Morgan fingerprint density at radius 2 is 2.24 bits per heavy atom. The lowest BCUT2D eigenvalue weighted by molar-refractivity contribution is 0.0914. The molecule has 0 saturated carbocycles. The van der Waals surface area contributed by atoms with Crippen LogP contribution in [0.25, 0.3) is 0 Å². The molecule has 2 aromatic rings. The second-order valence-corrected chi connectivity index (χ2v) is 3.55. The fraction of sp³-hybridized carbons (Fsp3) is 0.167. The van der Waals surface area contributed by atoms with E-state index in [0.717, 1.165) is 0 Å². The number of hydrogen-bond acceptors (Lipinski definition) is 3. The third-order valence-corrected chi connectivity index (χ3v) is 2.21. The van der Waals surface area contributed by atoms with E-state index < -0.39 is 5.91 Å². The molecule has 0 atom stereocenters. The lowest BCUT2D eigenvalue weighted by Gasteiger charge is -2.03. The molecule has 4 nitrogen and oxygen atoms in total. The maximum atomic E-state index is 13.3. The summed E-state index contributed by atoms with van der Waals surface area (Å²) >= 11 is 0. The Morgan fingerprint density at radius 3 is 2.88 bits per heavy atom. The van der Waals surface area contributed by atoms with Crippen LogP contribution in [0.4, 0.5) is 4.39 Å². The molecule has 0 saturated heterocycles. The molecule has 0 spiro atoms. The van der Waals surface area contributed by atoms with Gasteiger partial charge in [0.25, 0.3) is 5.89 Å². The van der Waals surface area contributed by atoms with Gasteiger partial charge in [0, 0.05) is 12.1 Å². The number of halogens is 1. The van der Waals surface area contributed by atoms with Crippen molar-refractivity contribution in [2.24, 2.45) is 0 Å². The number of carbonyl (C=O) groups is 1. The van der Waals surface area contributed by atoms with Crippen molar-refractivity contribution in [3.63, 3.8) is 0 Å². The van der Waals surface area contributed by atoms with Gasteiger partial charge in [-0.2, -0.15) is 0 Å². The first-order valence-electron chi connectivity index (χ1n) is 5.11. The summed E-state index contributed by atoms with van der Waals surface area (Å²) in [7, 11) is 0. The second-order valence-electron chi connectivity index (χ2n) is 3.55. The van der Waals surface area contributed by atoms with Gasteiger partial charge in [0.05, 0.1) is 6.20 Å². The number of benzene rings is 1. The molecule has 0 aliphatic heterocycles. The van der Waals surface area contributed by atoms with E-state index in [4.69, 9.17) is 4.42 Å². The van der Waals surface area contributed by atoms with Gasteiger partial charge in [-0.3, -0.25) is 4.79 Å². The molecule has 0 aliphatic carbocycles. The Kier molecular flexibility index (Phi) is 3.18. The summed E-state index contributed by atoms with van der Waals surface area (Å²) in [6.45, 7) is 1.80. The van der Waals surface area contributed by atoms with Crippen LogP contribution < -0.4 is 5.32 Å². The molecule has 88 valence electrons. The van der Waals surface area contributed by atoms with E-state index in [0.29, 0.717) is 11.3 Å². The Morgan fingerprint density at radius 1 is 1.47 bits per heavy atom. The predicted octanol–water partition coefficient (Wildman–Crippen LogP) is 2.05. The van der Waals surface area contributed by atoms with Crippen molar-refractivity contribution in [1.29, 1.82) is 0 Å². The molecule has 5 heteroatoms. The molecule has 0 fully saturated rings. The third-order valence-electron chi connectivity index (χ3n) is 2.21. The highest BCUT2D eigenvalue weighted by atomic mass is 19.1. The quantitative estimate of drug-likeness (QED) is 0.884. The molecule has 1 N–H and O–H groups in total. The lowest BCUT2D eigenvalue weighted by atomic mass is 10.2. The average Bonchev–Trinajstić information content (AvgIpc) is 2.74. The topological polar surface area (TPSA) is 55.1 Å². The van der Waals surface area contributed by atoms with Crippen LogP contribution in [0, 0.1) is 12.7 Å². The zero-order chi connectivity index (χ0) is 12.3. The maximum absolute atomic E-state index is 13.3. The smallest absolute Gasteiger partial charge is 0.307 e. The number of nitrogens with zero attached hydrogens (tertiary/aromatic N) is 1. The largest absolute Gasteiger partial charge is 0.438 e. The zero-order valence-electron chi connectivity index (χ0n) is 9.24. The van der Waals surface area contributed by atoms with Crippen LogP contribution >= 0.6 is 0 Å². The van der Waals surface area contributed by atoms with Crippen LogP contribution in [-0.4, -0.2) is 10.9 Å². The number of carbonyl (C=O) groups excluding carboxylic acids is 1. The Balaban J connectivity index is 1.99. The number of aromatic nitrogens is 1. The molecule has 0 bridgehead atoms. The normalized spacial score (nSPS) is 10.2. The highest BCUT2D eigenvalue weighted by Crippen LogP contribution is 2.06. The molecule has 1 aromatic carbocycles. The van der Waals surface area contributed by atoms with E-state index in [1.54, 1.807) is 25.1 Å². The highest BCUT2D eigenvalue weighted by Gasteiger charge is 2.12. The van der Waals surface area contributed by atoms with Gasteiger partial charge in [0.15, 0.2) is 0 Å². The van der Waals surface area contributed by atoms with Gasteiger partial charge in [-0.05, 0) is 13.0 Å². The number of hydrogen-bond donors (Lipinski definition) is 1. The first-order valence-corrected chi connectivity index (χ1v) is 5.11. The van der Waals surface area contributed by atoms with Crippen LogP contribution in [0.5, 0.6) is 0 Å². The van der Waals surface area contributed by atoms with Gasteiger partial charge in [0.2, 0.25) is 0 Å². The van der Waals surface area contributed by atoms with Crippen molar-refractivity contribution in [3.8, 4) is 0 Å². The number of rotatable bonds is 3. The maximum Gasteiger partial charge on any atom is 0.307 e. The standard InChI is InChI=1S/C12H11FN2O2/c1-8-6-15-12(17-8)11(16)14-7-9-4-2-3-5-10(9)13/h2-6H,7H2,1H3,(H,14,16).